The maximum atomic E-state index is 11.4. The summed E-state index contributed by atoms with van der Waals surface area (Å²) < 4.78 is 28.6. The summed E-state index contributed by atoms with van der Waals surface area (Å²) in [7, 11) is -3.39. The molecule has 9 heteroatoms. The van der Waals surface area contributed by atoms with Crippen LogP contribution in [0, 0.1) is 0 Å². The summed E-state index contributed by atoms with van der Waals surface area (Å²) in [5, 5.41) is 21.7. The van der Waals surface area contributed by atoms with Crippen LogP contribution in [0.25, 0.3) is 10.8 Å². The van der Waals surface area contributed by atoms with E-state index in [-0.39, 0.29) is 24.0 Å². The average Bonchev–Trinajstić information content (AvgIpc) is 2.90. The van der Waals surface area contributed by atoms with Crippen LogP contribution in [0.15, 0.2) is 30.3 Å². The number of unbranched alkanes of at least 4 members (excludes halogenated alkanes) is 1. The number of carbonyl (C=O) groups is 1. The van der Waals surface area contributed by atoms with Crippen molar-refractivity contribution in [2.24, 2.45) is 0 Å². The number of fused-ring (bicyclic) bond motifs is 1. The Morgan fingerprint density at radius 1 is 1.25 bits per heavy atom. The number of β-amino-alcohol motifs (C(OH)–C–C–N with tert-alkyl or cyclic N) is 1. The fourth-order valence-electron chi connectivity index (χ4n) is 3.29. The molecule has 0 amide bonds. The summed E-state index contributed by atoms with van der Waals surface area (Å²) in [4.78, 5) is 11.4. The van der Waals surface area contributed by atoms with E-state index in [4.69, 9.17) is 4.74 Å². The maximum Gasteiger partial charge on any atom is 0.305 e. The van der Waals surface area contributed by atoms with Crippen LogP contribution in [-0.2, 0) is 16.0 Å². The van der Waals surface area contributed by atoms with E-state index in [0.717, 1.165) is 35.6 Å². The lowest BCUT2D eigenvalue weighted by Crippen LogP contribution is -2.25. The van der Waals surface area contributed by atoms with Crippen molar-refractivity contribution in [2.45, 2.75) is 38.8 Å². The van der Waals surface area contributed by atoms with Crippen molar-refractivity contribution in [1.29, 1.82) is 0 Å². The largest absolute Gasteiger partial charge is 0.506 e. The third-order valence-electron chi connectivity index (χ3n) is 4.61. The molecule has 1 saturated heterocycles. The van der Waals surface area contributed by atoms with Gasteiger partial charge in [-0.2, -0.15) is 4.72 Å². The molecule has 1 aliphatic rings. The number of benzene rings is 2. The van der Waals surface area contributed by atoms with Gasteiger partial charge in [0.2, 0.25) is 0 Å². The highest BCUT2D eigenvalue weighted by Gasteiger charge is 2.36. The SMILES string of the molecule is CCOC(=O)CCCCc1ccc2cc(O)c(N3CC(O)NS3(O)O)cc2c1. The minimum atomic E-state index is -3.39. The van der Waals surface area contributed by atoms with Crippen LogP contribution in [0.2, 0.25) is 0 Å². The Balaban J connectivity index is 1.74. The van der Waals surface area contributed by atoms with Crippen molar-refractivity contribution in [3.8, 4) is 5.75 Å². The molecule has 0 bridgehead atoms. The summed E-state index contributed by atoms with van der Waals surface area (Å²) >= 11 is 0. The summed E-state index contributed by atoms with van der Waals surface area (Å²) in [6.45, 7) is 2.14. The van der Waals surface area contributed by atoms with Gasteiger partial charge in [0.15, 0.2) is 0 Å². The van der Waals surface area contributed by atoms with Crippen LogP contribution < -0.4 is 9.03 Å². The van der Waals surface area contributed by atoms with E-state index in [1.807, 2.05) is 18.2 Å². The van der Waals surface area contributed by atoms with E-state index in [9.17, 15) is 24.1 Å². The second-order valence-electron chi connectivity index (χ2n) is 6.75. The van der Waals surface area contributed by atoms with E-state index in [1.165, 1.54) is 4.31 Å². The molecule has 5 N–H and O–H groups in total. The number of anilines is 1. The summed E-state index contributed by atoms with van der Waals surface area (Å²) in [5.74, 6) is -0.271. The topological polar surface area (TPSA) is 122 Å². The second-order valence-corrected chi connectivity index (χ2v) is 8.46. The van der Waals surface area contributed by atoms with Crippen LogP contribution >= 0.6 is 11.0 Å². The smallest absolute Gasteiger partial charge is 0.305 e. The number of rotatable bonds is 7. The van der Waals surface area contributed by atoms with Gasteiger partial charge < -0.3 is 14.9 Å². The number of ether oxygens (including phenoxy) is 1. The molecule has 1 heterocycles. The monoisotopic (exact) mass is 410 g/mol. The lowest BCUT2D eigenvalue weighted by Gasteiger charge is -2.37. The molecule has 1 unspecified atom stereocenters. The predicted octanol–water partition coefficient (Wildman–Crippen LogP) is 3.13. The van der Waals surface area contributed by atoms with E-state index in [2.05, 4.69) is 4.72 Å². The van der Waals surface area contributed by atoms with Gasteiger partial charge in [-0.25, -0.2) is 0 Å². The Kier molecular flexibility index (Phi) is 6.31. The van der Waals surface area contributed by atoms with Crippen molar-refractivity contribution in [2.75, 3.05) is 17.5 Å². The van der Waals surface area contributed by atoms with Crippen LogP contribution in [0.5, 0.6) is 5.75 Å². The molecule has 8 nitrogen and oxygen atoms in total. The first-order chi connectivity index (χ1) is 13.3. The first-order valence-electron chi connectivity index (χ1n) is 9.22. The molecule has 0 spiro atoms. The van der Waals surface area contributed by atoms with E-state index in [1.54, 1.807) is 19.1 Å². The molecule has 0 radical (unpaired) electrons. The van der Waals surface area contributed by atoms with Gasteiger partial charge in [0, 0.05) is 6.42 Å². The van der Waals surface area contributed by atoms with E-state index in [0.29, 0.717) is 13.0 Å². The van der Waals surface area contributed by atoms with Crippen LogP contribution in [0.4, 0.5) is 5.69 Å². The predicted molar refractivity (Wildman–Crippen MR) is 109 cm³/mol. The normalized spacial score (nSPS) is 19.7. The van der Waals surface area contributed by atoms with Crippen molar-refractivity contribution < 1.29 is 28.8 Å². The van der Waals surface area contributed by atoms with Crippen LogP contribution in [0.1, 0.15) is 31.7 Å². The quantitative estimate of drug-likeness (QED) is 0.349. The number of aliphatic hydroxyl groups excluding tert-OH is 1. The van der Waals surface area contributed by atoms with Gasteiger partial charge in [-0.15, -0.1) is 0 Å². The zero-order valence-electron chi connectivity index (χ0n) is 15.7. The molecule has 0 saturated carbocycles. The molecular formula is C19H26N2O6S. The van der Waals surface area contributed by atoms with Gasteiger partial charge in [0.05, 0.1) is 13.2 Å². The highest BCUT2D eigenvalue weighted by molar-refractivity contribution is 8.24. The molecule has 3 rings (SSSR count). The standard InChI is InChI=1S/C19H26N2O6S/c1-2-27-19(24)6-4-3-5-13-7-8-14-11-17(22)16(10-15(14)9-13)21-12-18(23)20-28(21,25)26/h7-11,18,20,22-23,25-26H,2-6,12H2,1H3. The number of aliphatic hydroxyl groups is 1. The van der Waals surface area contributed by atoms with Gasteiger partial charge >= 0.3 is 5.97 Å². The zero-order valence-corrected chi connectivity index (χ0v) is 16.5. The first-order valence-corrected chi connectivity index (χ1v) is 10.7. The summed E-state index contributed by atoms with van der Waals surface area (Å²) in [6.07, 6.45) is 1.70. The molecule has 1 aliphatic heterocycles. The lowest BCUT2D eigenvalue weighted by atomic mass is 10.0. The fourth-order valence-corrected chi connectivity index (χ4v) is 4.63. The number of hydrogen-bond acceptors (Lipinski definition) is 8. The highest BCUT2D eigenvalue weighted by Crippen LogP contribution is 2.50. The van der Waals surface area contributed by atoms with Crippen molar-refractivity contribution in [3.63, 3.8) is 0 Å². The van der Waals surface area contributed by atoms with Crippen molar-refractivity contribution in [1.82, 2.24) is 4.72 Å². The third kappa shape index (κ3) is 4.68. The Morgan fingerprint density at radius 2 is 2.04 bits per heavy atom. The van der Waals surface area contributed by atoms with Gasteiger partial charge in [0.1, 0.15) is 17.7 Å². The molecule has 1 atom stereocenters. The number of phenols is 1. The van der Waals surface area contributed by atoms with Crippen LogP contribution in [-0.4, -0.2) is 44.7 Å². The number of aromatic hydroxyl groups is 1. The molecule has 28 heavy (non-hydrogen) atoms. The number of phenolic OH excluding ortho intramolecular Hbond substituents is 1. The molecule has 2 aromatic rings. The number of nitrogens with zero attached hydrogens (tertiary/aromatic N) is 1. The zero-order chi connectivity index (χ0) is 20.3. The summed E-state index contributed by atoms with van der Waals surface area (Å²) in [6, 6.07) is 9.10. The van der Waals surface area contributed by atoms with Crippen molar-refractivity contribution in [3.05, 3.63) is 35.9 Å². The Bertz CT molecular complexity index is 860. The van der Waals surface area contributed by atoms with Gasteiger partial charge in [-0.05, 0) is 54.7 Å². The molecule has 1 fully saturated rings. The van der Waals surface area contributed by atoms with E-state index >= 15 is 0 Å². The first kappa shape index (κ1) is 20.7. The summed E-state index contributed by atoms with van der Waals surface area (Å²) in [5.41, 5.74) is 1.33. The third-order valence-corrected chi connectivity index (χ3v) is 6.16. The molecule has 154 valence electrons. The number of carbonyl (C=O) groups excluding carboxylic acids is 1. The second kappa shape index (κ2) is 8.54. The average molecular weight is 410 g/mol. The molecule has 0 aliphatic carbocycles. The Hall–Kier alpha value is -2.04. The molecule has 0 aromatic heterocycles. The number of hydrogen-bond donors (Lipinski definition) is 5. The number of nitrogens with one attached hydrogen (secondary N) is 1. The lowest BCUT2D eigenvalue weighted by molar-refractivity contribution is -0.143. The van der Waals surface area contributed by atoms with Gasteiger partial charge in [-0.1, -0.05) is 29.2 Å². The molecule has 2 aromatic carbocycles. The molecular weight excluding hydrogens is 384 g/mol. The van der Waals surface area contributed by atoms with Crippen LogP contribution in [0.3, 0.4) is 0 Å². The minimum absolute atomic E-state index is 0.0467. The number of esters is 1. The minimum Gasteiger partial charge on any atom is -0.506 e. The van der Waals surface area contributed by atoms with Gasteiger partial charge in [0.25, 0.3) is 0 Å². The number of aryl methyl sites for hydroxylation is 1. The fraction of sp³-hybridized carbons (Fsp3) is 0.421. The highest BCUT2D eigenvalue weighted by atomic mass is 32.3. The van der Waals surface area contributed by atoms with Gasteiger partial charge in [-0.3, -0.25) is 18.2 Å². The Morgan fingerprint density at radius 3 is 2.71 bits per heavy atom. The Labute approximate surface area is 165 Å². The maximum absolute atomic E-state index is 11.4. The van der Waals surface area contributed by atoms with E-state index < -0.39 is 17.2 Å². The van der Waals surface area contributed by atoms with Crippen molar-refractivity contribution >= 4 is 33.4 Å².